The van der Waals surface area contributed by atoms with Crippen LogP contribution in [0, 0.1) is 19.3 Å². The molecule has 1 saturated heterocycles. The Morgan fingerprint density at radius 2 is 2.04 bits per heavy atom. The van der Waals surface area contributed by atoms with Gasteiger partial charge in [0.05, 0.1) is 13.2 Å². The van der Waals surface area contributed by atoms with E-state index in [9.17, 15) is 4.79 Å². The fraction of sp³-hybridized carbons (Fsp3) is 0.550. The van der Waals surface area contributed by atoms with Gasteiger partial charge in [0.15, 0.2) is 0 Å². The minimum atomic E-state index is 0.0356. The second kappa shape index (κ2) is 6.46. The summed E-state index contributed by atoms with van der Waals surface area (Å²) in [6.07, 6.45) is 2.42. The van der Waals surface area contributed by atoms with Crippen molar-refractivity contribution in [2.24, 2.45) is 5.41 Å². The Hall–Kier alpha value is -1.85. The fourth-order valence-corrected chi connectivity index (χ4v) is 3.77. The third-order valence-corrected chi connectivity index (χ3v) is 5.81. The maximum Gasteiger partial charge on any atom is 0.251 e. The maximum absolute atomic E-state index is 12.6. The number of amides is 1. The molecule has 0 unspecified atom stereocenters. The van der Waals surface area contributed by atoms with E-state index in [1.807, 2.05) is 18.2 Å². The van der Waals surface area contributed by atoms with Gasteiger partial charge in [-0.25, -0.2) is 0 Å². The van der Waals surface area contributed by atoms with Crippen molar-refractivity contribution < 1.29 is 9.53 Å². The molecule has 1 aromatic carbocycles. The molecule has 2 aromatic rings. The van der Waals surface area contributed by atoms with E-state index in [1.165, 1.54) is 18.4 Å². The second-order valence-electron chi connectivity index (χ2n) is 7.71. The summed E-state index contributed by atoms with van der Waals surface area (Å²) in [5.74, 6) is 0.0356. The highest BCUT2D eigenvalue weighted by Gasteiger charge is 2.44. The SMILES string of the molecule is Cc1[nH]c2ccc(C(=O)NCC3(CN4CCOCC4)CC3)cc2c1C. The van der Waals surface area contributed by atoms with Gasteiger partial charge in [-0.3, -0.25) is 9.69 Å². The van der Waals surface area contributed by atoms with Crippen LogP contribution in [0.1, 0.15) is 34.5 Å². The molecule has 1 saturated carbocycles. The highest BCUT2D eigenvalue weighted by molar-refractivity contribution is 5.99. The van der Waals surface area contributed by atoms with E-state index < -0.39 is 0 Å². The summed E-state index contributed by atoms with van der Waals surface area (Å²) in [5, 5.41) is 4.31. The van der Waals surface area contributed by atoms with Crippen LogP contribution in [0.4, 0.5) is 0 Å². The fourth-order valence-electron chi connectivity index (χ4n) is 3.77. The third kappa shape index (κ3) is 3.44. The number of fused-ring (bicyclic) bond motifs is 1. The predicted octanol–water partition coefficient (Wildman–Crippen LogP) is 2.63. The molecule has 0 atom stereocenters. The first-order valence-electron chi connectivity index (χ1n) is 9.24. The summed E-state index contributed by atoms with van der Waals surface area (Å²) < 4.78 is 5.42. The van der Waals surface area contributed by atoms with Gasteiger partial charge in [0.2, 0.25) is 0 Å². The van der Waals surface area contributed by atoms with E-state index in [0.717, 1.165) is 61.6 Å². The number of aromatic amines is 1. The molecule has 0 spiro atoms. The lowest BCUT2D eigenvalue weighted by Crippen LogP contribution is -2.43. The van der Waals surface area contributed by atoms with Crippen LogP contribution in [0.25, 0.3) is 10.9 Å². The number of hydrogen-bond donors (Lipinski definition) is 2. The monoisotopic (exact) mass is 341 g/mol. The zero-order valence-electron chi connectivity index (χ0n) is 15.2. The molecule has 4 rings (SSSR count). The van der Waals surface area contributed by atoms with Crippen molar-refractivity contribution >= 4 is 16.8 Å². The van der Waals surface area contributed by atoms with Crippen LogP contribution >= 0.6 is 0 Å². The van der Waals surface area contributed by atoms with Crippen molar-refractivity contribution in [3.8, 4) is 0 Å². The molecular weight excluding hydrogens is 314 g/mol. The number of benzene rings is 1. The van der Waals surface area contributed by atoms with Crippen LogP contribution < -0.4 is 5.32 Å². The quantitative estimate of drug-likeness (QED) is 0.879. The van der Waals surface area contributed by atoms with Gasteiger partial charge in [-0.05, 0) is 50.5 Å². The Bertz CT molecular complexity index is 786. The van der Waals surface area contributed by atoms with Crippen molar-refractivity contribution in [3.05, 3.63) is 35.0 Å². The second-order valence-corrected chi connectivity index (χ2v) is 7.71. The summed E-state index contributed by atoms with van der Waals surface area (Å²) in [4.78, 5) is 18.4. The number of carbonyl (C=O) groups excluding carboxylic acids is 1. The average molecular weight is 341 g/mol. The zero-order chi connectivity index (χ0) is 17.4. The Balaban J connectivity index is 1.39. The number of nitrogens with zero attached hydrogens (tertiary/aromatic N) is 1. The Kier molecular flexibility index (Phi) is 4.29. The molecule has 134 valence electrons. The minimum absolute atomic E-state index is 0.0356. The van der Waals surface area contributed by atoms with E-state index in [4.69, 9.17) is 4.74 Å². The molecule has 2 fully saturated rings. The number of rotatable bonds is 5. The Morgan fingerprint density at radius 1 is 1.28 bits per heavy atom. The van der Waals surface area contributed by atoms with Crippen molar-refractivity contribution in [3.63, 3.8) is 0 Å². The number of hydrogen-bond acceptors (Lipinski definition) is 3. The number of aryl methyl sites for hydroxylation is 2. The Labute approximate surface area is 148 Å². The average Bonchev–Trinajstić information content (AvgIpc) is 3.33. The van der Waals surface area contributed by atoms with Crippen LogP contribution in [0.5, 0.6) is 0 Å². The number of nitrogens with one attached hydrogen (secondary N) is 2. The van der Waals surface area contributed by atoms with Crippen molar-refractivity contribution in [2.45, 2.75) is 26.7 Å². The first kappa shape index (κ1) is 16.6. The van der Waals surface area contributed by atoms with Crippen molar-refractivity contribution in [1.82, 2.24) is 15.2 Å². The summed E-state index contributed by atoms with van der Waals surface area (Å²) in [5.41, 5.74) is 4.50. The van der Waals surface area contributed by atoms with E-state index >= 15 is 0 Å². The number of morpholine rings is 1. The lowest BCUT2D eigenvalue weighted by molar-refractivity contribution is 0.0283. The van der Waals surface area contributed by atoms with Crippen LogP contribution in [-0.4, -0.2) is 55.2 Å². The predicted molar refractivity (Wildman–Crippen MR) is 99.0 cm³/mol. The molecule has 0 radical (unpaired) electrons. The first-order chi connectivity index (χ1) is 12.1. The van der Waals surface area contributed by atoms with Crippen molar-refractivity contribution in [2.75, 3.05) is 39.4 Å². The standard InChI is InChI=1S/C20H27N3O2/c1-14-15(2)22-18-4-3-16(11-17(14)18)19(24)21-12-20(5-6-20)13-23-7-9-25-10-8-23/h3-4,11,22H,5-10,12-13H2,1-2H3,(H,21,24). The lowest BCUT2D eigenvalue weighted by atomic mass is 10.1. The van der Waals surface area contributed by atoms with Gasteiger partial charge in [-0.1, -0.05) is 0 Å². The molecule has 1 aliphatic heterocycles. The molecule has 1 amide bonds. The number of carbonyl (C=O) groups is 1. The normalized spacial score (nSPS) is 19.9. The van der Waals surface area contributed by atoms with Gasteiger partial charge in [0.1, 0.15) is 0 Å². The lowest BCUT2D eigenvalue weighted by Gasteiger charge is -2.30. The molecule has 25 heavy (non-hydrogen) atoms. The van der Waals surface area contributed by atoms with Crippen LogP contribution in [-0.2, 0) is 4.74 Å². The molecule has 5 nitrogen and oxygen atoms in total. The van der Waals surface area contributed by atoms with Gasteiger partial charge in [-0.15, -0.1) is 0 Å². The topological polar surface area (TPSA) is 57.4 Å². The van der Waals surface area contributed by atoms with Gasteiger partial charge >= 0.3 is 0 Å². The van der Waals surface area contributed by atoms with Gasteiger partial charge in [0.25, 0.3) is 5.91 Å². The highest BCUT2D eigenvalue weighted by Crippen LogP contribution is 2.45. The van der Waals surface area contributed by atoms with Crippen LogP contribution in [0.2, 0.25) is 0 Å². The molecule has 2 aliphatic rings. The molecule has 0 bridgehead atoms. The summed E-state index contributed by atoms with van der Waals surface area (Å²) >= 11 is 0. The number of aromatic nitrogens is 1. The smallest absolute Gasteiger partial charge is 0.251 e. The maximum atomic E-state index is 12.6. The van der Waals surface area contributed by atoms with E-state index in [0.29, 0.717) is 0 Å². The van der Waals surface area contributed by atoms with E-state index in [2.05, 4.69) is 29.0 Å². The van der Waals surface area contributed by atoms with E-state index in [1.54, 1.807) is 0 Å². The number of H-pyrrole nitrogens is 1. The highest BCUT2D eigenvalue weighted by atomic mass is 16.5. The van der Waals surface area contributed by atoms with E-state index in [-0.39, 0.29) is 11.3 Å². The van der Waals surface area contributed by atoms with Crippen LogP contribution in [0.15, 0.2) is 18.2 Å². The Morgan fingerprint density at radius 3 is 2.76 bits per heavy atom. The van der Waals surface area contributed by atoms with Crippen LogP contribution in [0.3, 0.4) is 0 Å². The first-order valence-corrected chi connectivity index (χ1v) is 9.24. The largest absolute Gasteiger partial charge is 0.379 e. The van der Waals surface area contributed by atoms with Gasteiger partial charge in [0, 0.05) is 53.8 Å². The zero-order valence-corrected chi connectivity index (χ0v) is 15.2. The third-order valence-electron chi connectivity index (χ3n) is 5.81. The molecule has 5 heteroatoms. The number of ether oxygens (including phenoxy) is 1. The summed E-state index contributed by atoms with van der Waals surface area (Å²) in [6, 6.07) is 5.92. The van der Waals surface area contributed by atoms with Gasteiger partial charge in [-0.2, -0.15) is 0 Å². The molecule has 2 N–H and O–H groups in total. The summed E-state index contributed by atoms with van der Waals surface area (Å²) in [7, 11) is 0. The molecule has 1 aromatic heterocycles. The molecular formula is C20H27N3O2. The minimum Gasteiger partial charge on any atom is -0.379 e. The van der Waals surface area contributed by atoms with Crippen molar-refractivity contribution in [1.29, 1.82) is 0 Å². The molecule has 2 heterocycles. The summed E-state index contributed by atoms with van der Waals surface area (Å²) in [6.45, 7) is 9.69. The van der Waals surface area contributed by atoms with Gasteiger partial charge < -0.3 is 15.0 Å². The molecule has 1 aliphatic carbocycles.